The Balaban J connectivity index is 2.36. The Bertz CT molecular complexity index is 184. The zero-order valence-corrected chi connectivity index (χ0v) is 8.42. The van der Waals surface area contributed by atoms with Crippen molar-refractivity contribution in [2.24, 2.45) is 5.73 Å². The average Bonchev–Trinajstić information content (AvgIpc) is 2.03. The molecule has 0 aromatic carbocycles. The van der Waals surface area contributed by atoms with Crippen molar-refractivity contribution in [3.63, 3.8) is 0 Å². The number of urea groups is 1. The van der Waals surface area contributed by atoms with Crippen molar-refractivity contribution in [2.45, 2.75) is 38.8 Å². The molecule has 0 radical (unpaired) electrons. The molecule has 2 amide bonds. The number of nitrogens with zero attached hydrogens (tertiary/aromatic N) is 1. The van der Waals surface area contributed by atoms with Crippen LogP contribution in [0.1, 0.15) is 26.7 Å². The minimum Gasteiger partial charge on any atom is -0.352 e. The summed E-state index contributed by atoms with van der Waals surface area (Å²) in [5, 5.41) is 2.77. The Hall–Kier alpha value is -0.770. The molecule has 4 nitrogen and oxygen atoms in total. The summed E-state index contributed by atoms with van der Waals surface area (Å²) >= 11 is 0. The molecule has 1 rings (SSSR count). The summed E-state index contributed by atoms with van der Waals surface area (Å²) in [6.07, 6.45) is 2.03. The van der Waals surface area contributed by atoms with Crippen LogP contribution >= 0.6 is 0 Å². The number of carbonyl (C=O) groups excluding carboxylic acids is 1. The van der Waals surface area contributed by atoms with Crippen molar-refractivity contribution in [1.29, 1.82) is 0 Å². The lowest BCUT2D eigenvalue weighted by Crippen LogP contribution is -2.49. The summed E-state index contributed by atoms with van der Waals surface area (Å²) in [6.45, 7) is 6.50. The monoisotopic (exact) mass is 185 g/mol. The van der Waals surface area contributed by atoms with Crippen LogP contribution in [0.15, 0.2) is 0 Å². The van der Waals surface area contributed by atoms with Gasteiger partial charge in [-0.1, -0.05) is 6.92 Å². The average molecular weight is 185 g/mol. The van der Waals surface area contributed by atoms with Crippen LogP contribution in [0.3, 0.4) is 0 Å². The first-order chi connectivity index (χ1) is 6.13. The van der Waals surface area contributed by atoms with E-state index in [-0.39, 0.29) is 6.04 Å². The number of amides is 2. The third kappa shape index (κ3) is 2.88. The minimum absolute atomic E-state index is 0.273. The summed E-state index contributed by atoms with van der Waals surface area (Å²) in [5.74, 6) is 0. The van der Waals surface area contributed by atoms with E-state index in [1.54, 1.807) is 0 Å². The van der Waals surface area contributed by atoms with Gasteiger partial charge in [0.05, 0.1) is 0 Å². The summed E-state index contributed by atoms with van der Waals surface area (Å²) in [7, 11) is 0. The van der Waals surface area contributed by atoms with Crippen LogP contribution in [0.4, 0.5) is 4.79 Å². The maximum absolute atomic E-state index is 10.6. The Morgan fingerprint density at radius 3 is 2.85 bits per heavy atom. The van der Waals surface area contributed by atoms with E-state index in [2.05, 4.69) is 24.1 Å². The zero-order chi connectivity index (χ0) is 9.84. The molecule has 2 atom stereocenters. The number of rotatable bonds is 2. The Morgan fingerprint density at radius 2 is 2.38 bits per heavy atom. The number of nitrogens with one attached hydrogen (secondary N) is 1. The van der Waals surface area contributed by atoms with Gasteiger partial charge < -0.3 is 16.0 Å². The second kappa shape index (κ2) is 4.46. The molecule has 1 fully saturated rings. The predicted octanol–water partition coefficient (Wildman–Crippen LogP) is 0.527. The zero-order valence-electron chi connectivity index (χ0n) is 8.42. The van der Waals surface area contributed by atoms with Gasteiger partial charge in [0.15, 0.2) is 0 Å². The van der Waals surface area contributed by atoms with Crippen molar-refractivity contribution < 1.29 is 4.79 Å². The molecule has 0 aliphatic carbocycles. The fraction of sp³-hybridized carbons (Fsp3) is 0.889. The van der Waals surface area contributed by atoms with E-state index in [0.717, 1.165) is 25.9 Å². The van der Waals surface area contributed by atoms with Crippen LogP contribution in [0.25, 0.3) is 0 Å². The quantitative estimate of drug-likeness (QED) is 0.659. The van der Waals surface area contributed by atoms with Crippen molar-refractivity contribution in [2.75, 3.05) is 13.1 Å². The number of likely N-dealkylation sites (tertiary alicyclic amines) is 1. The van der Waals surface area contributed by atoms with E-state index in [9.17, 15) is 4.79 Å². The lowest BCUT2D eigenvalue weighted by molar-refractivity contribution is 0.145. The molecular formula is C9H19N3O. The largest absolute Gasteiger partial charge is 0.352 e. The van der Waals surface area contributed by atoms with Gasteiger partial charge in [0.2, 0.25) is 0 Å². The second-order valence-electron chi connectivity index (χ2n) is 3.71. The fourth-order valence-electron chi connectivity index (χ4n) is 2.02. The summed E-state index contributed by atoms with van der Waals surface area (Å²) < 4.78 is 0. The van der Waals surface area contributed by atoms with Gasteiger partial charge >= 0.3 is 6.03 Å². The summed E-state index contributed by atoms with van der Waals surface area (Å²) in [6, 6.07) is 0.424. The topological polar surface area (TPSA) is 58.4 Å². The first-order valence-electron chi connectivity index (χ1n) is 4.93. The van der Waals surface area contributed by atoms with E-state index < -0.39 is 6.03 Å². The highest BCUT2D eigenvalue weighted by Crippen LogP contribution is 2.16. The highest BCUT2D eigenvalue weighted by Gasteiger charge is 2.24. The van der Waals surface area contributed by atoms with E-state index in [1.165, 1.54) is 0 Å². The fourth-order valence-corrected chi connectivity index (χ4v) is 2.02. The van der Waals surface area contributed by atoms with Gasteiger partial charge in [0.1, 0.15) is 0 Å². The second-order valence-corrected chi connectivity index (χ2v) is 3.71. The molecule has 0 spiro atoms. The minimum atomic E-state index is -0.401. The van der Waals surface area contributed by atoms with Gasteiger partial charge in [0.25, 0.3) is 0 Å². The van der Waals surface area contributed by atoms with Crippen LogP contribution < -0.4 is 11.1 Å². The molecule has 0 saturated carbocycles. The SMILES string of the molecule is CCN1CCC(NC(N)=O)CC1C. The molecule has 1 aliphatic heterocycles. The summed E-state index contributed by atoms with van der Waals surface area (Å²) in [5.41, 5.74) is 5.07. The van der Waals surface area contributed by atoms with Crippen molar-refractivity contribution in [1.82, 2.24) is 10.2 Å². The number of hydrogen-bond acceptors (Lipinski definition) is 2. The van der Waals surface area contributed by atoms with Crippen molar-refractivity contribution >= 4 is 6.03 Å². The standard InChI is InChI=1S/C9H19N3O/c1-3-12-5-4-8(6-7(12)2)11-9(10)13/h7-8H,3-6H2,1-2H3,(H3,10,11,13). The van der Waals surface area contributed by atoms with Crippen molar-refractivity contribution in [3.05, 3.63) is 0 Å². The van der Waals surface area contributed by atoms with Crippen LogP contribution in [0, 0.1) is 0 Å². The maximum Gasteiger partial charge on any atom is 0.312 e. The smallest absolute Gasteiger partial charge is 0.312 e. The van der Waals surface area contributed by atoms with Gasteiger partial charge in [0, 0.05) is 18.6 Å². The van der Waals surface area contributed by atoms with E-state index in [0.29, 0.717) is 6.04 Å². The van der Waals surface area contributed by atoms with Gasteiger partial charge in [-0.25, -0.2) is 4.79 Å². The molecule has 3 N–H and O–H groups in total. The van der Waals surface area contributed by atoms with Crippen LogP contribution in [0.2, 0.25) is 0 Å². The number of primary amides is 1. The van der Waals surface area contributed by atoms with E-state index in [1.807, 2.05) is 0 Å². The molecule has 13 heavy (non-hydrogen) atoms. The van der Waals surface area contributed by atoms with Crippen LogP contribution in [-0.4, -0.2) is 36.1 Å². The Morgan fingerprint density at radius 1 is 1.69 bits per heavy atom. The third-order valence-electron chi connectivity index (χ3n) is 2.77. The lowest BCUT2D eigenvalue weighted by Gasteiger charge is -2.36. The van der Waals surface area contributed by atoms with Crippen LogP contribution in [0.5, 0.6) is 0 Å². The molecule has 1 aliphatic rings. The van der Waals surface area contributed by atoms with Gasteiger partial charge in [-0.3, -0.25) is 0 Å². The molecule has 0 aromatic rings. The Labute approximate surface area is 79.5 Å². The highest BCUT2D eigenvalue weighted by molar-refractivity contribution is 5.71. The van der Waals surface area contributed by atoms with Gasteiger partial charge in [-0.05, 0) is 26.3 Å². The summed E-state index contributed by atoms with van der Waals surface area (Å²) in [4.78, 5) is 13.0. The predicted molar refractivity (Wildman–Crippen MR) is 52.5 cm³/mol. The Kier molecular flexibility index (Phi) is 3.54. The highest BCUT2D eigenvalue weighted by atomic mass is 16.2. The molecule has 1 heterocycles. The molecule has 76 valence electrons. The molecular weight excluding hydrogens is 166 g/mol. The first kappa shape index (κ1) is 10.3. The van der Waals surface area contributed by atoms with Crippen molar-refractivity contribution in [3.8, 4) is 0 Å². The number of hydrogen-bond donors (Lipinski definition) is 2. The van der Waals surface area contributed by atoms with E-state index in [4.69, 9.17) is 5.73 Å². The lowest BCUT2D eigenvalue weighted by atomic mass is 9.98. The number of carbonyl (C=O) groups is 1. The third-order valence-corrected chi connectivity index (χ3v) is 2.77. The number of nitrogens with two attached hydrogens (primary N) is 1. The molecule has 0 bridgehead atoms. The van der Waals surface area contributed by atoms with E-state index >= 15 is 0 Å². The normalized spacial score (nSPS) is 30.0. The molecule has 2 unspecified atom stereocenters. The number of piperidine rings is 1. The maximum atomic E-state index is 10.6. The van der Waals surface area contributed by atoms with Crippen LogP contribution in [-0.2, 0) is 0 Å². The van der Waals surface area contributed by atoms with Gasteiger partial charge in [-0.2, -0.15) is 0 Å². The molecule has 1 saturated heterocycles. The molecule has 4 heteroatoms. The molecule has 0 aromatic heterocycles. The van der Waals surface area contributed by atoms with Gasteiger partial charge in [-0.15, -0.1) is 0 Å². The first-order valence-corrected chi connectivity index (χ1v) is 4.93.